The van der Waals surface area contributed by atoms with Crippen molar-refractivity contribution in [3.8, 4) is 17.1 Å². The molecule has 0 saturated carbocycles. The minimum absolute atomic E-state index is 0.0916. The Hall–Kier alpha value is -2.86. The quantitative estimate of drug-likeness (QED) is 0.364. The molecule has 12 heteroatoms. The first-order chi connectivity index (χ1) is 18.3. The highest BCUT2D eigenvalue weighted by atomic mass is 35.5. The first-order valence-electron chi connectivity index (χ1n) is 12.7. The second-order valence-corrected chi connectivity index (χ2v) is 11.4. The number of hydrogen-bond donors (Lipinski definition) is 2. The highest BCUT2D eigenvalue weighted by molar-refractivity contribution is 7.22. The van der Waals surface area contributed by atoms with Crippen LogP contribution in [0.2, 0.25) is 5.02 Å². The molecule has 2 aromatic carbocycles. The molecular weight excluding hydrogens is 532 g/mol. The van der Waals surface area contributed by atoms with E-state index in [2.05, 4.69) is 39.1 Å². The zero-order valence-electron chi connectivity index (χ0n) is 21.1. The molecule has 200 valence electrons. The van der Waals surface area contributed by atoms with E-state index in [4.69, 9.17) is 27.1 Å². The summed E-state index contributed by atoms with van der Waals surface area (Å²) in [6, 6.07) is 4.92. The number of piperazine rings is 1. The van der Waals surface area contributed by atoms with Crippen LogP contribution in [0.3, 0.4) is 0 Å². The molecule has 4 aromatic rings. The van der Waals surface area contributed by atoms with E-state index >= 15 is 4.39 Å². The second kappa shape index (κ2) is 10.0. The number of rotatable bonds is 5. The molecule has 2 aliphatic rings. The van der Waals surface area contributed by atoms with Crippen LogP contribution < -0.4 is 20.7 Å². The van der Waals surface area contributed by atoms with E-state index in [0.29, 0.717) is 29.9 Å². The van der Waals surface area contributed by atoms with Crippen molar-refractivity contribution >= 4 is 55.0 Å². The predicted molar refractivity (Wildman–Crippen MR) is 148 cm³/mol. The van der Waals surface area contributed by atoms with E-state index in [-0.39, 0.29) is 49.5 Å². The molecule has 0 aliphatic carbocycles. The van der Waals surface area contributed by atoms with Crippen molar-refractivity contribution in [3.05, 3.63) is 34.9 Å². The minimum Gasteiger partial charge on any atom is -0.462 e. The fourth-order valence-corrected chi connectivity index (χ4v) is 6.46. The van der Waals surface area contributed by atoms with Gasteiger partial charge < -0.3 is 25.6 Å². The molecule has 38 heavy (non-hydrogen) atoms. The van der Waals surface area contributed by atoms with Crippen molar-refractivity contribution < 1.29 is 13.5 Å². The van der Waals surface area contributed by atoms with Crippen molar-refractivity contribution in [2.75, 3.05) is 50.5 Å². The van der Waals surface area contributed by atoms with Crippen LogP contribution in [-0.4, -0.2) is 71.8 Å². The Balaban J connectivity index is 1.52. The van der Waals surface area contributed by atoms with Crippen LogP contribution in [0.25, 0.3) is 32.2 Å². The highest BCUT2D eigenvalue weighted by Gasteiger charge is 2.28. The Kier molecular flexibility index (Phi) is 6.71. The fraction of sp³-hybridized carbons (Fsp3) is 0.423. The van der Waals surface area contributed by atoms with E-state index in [1.54, 1.807) is 6.07 Å². The molecule has 0 unspecified atom stereocenters. The molecule has 2 atom stereocenters. The standard InChI is InChI=1S/C26H28ClF2N7OS/c1-13-11-31-7-9-36(13)24-16-10-17(27)19(15-5-6-18(28)23-22(15)32-25(30)38-23)20(29)21(16)33-26(34-24)37-12-14-4-3-8-35(14)2/h5-6,10,13-14,31H,3-4,7-9,11-12H2,1-2H3,(H2,30,32)/t13-,14-/m0/s1. The van der Waals surface area contributed by atoms with Crippen LogP contribution >= 0.6 is 22.9 Å². The smallest absolute Gasteiger partial charge is 0.319 e. The molecule has 2 fully saturated rings. The van der Waals surface area contributed by atoms with Gasteiger partial charge in [0.05, 0.1) is 15.2 Å². The molecule has 6 rings (SSSR count). The number of likely N-dealkylation sites (N-methyl/N-ethyl adjacent to an activating group) is 1. The Morgan fingerprint density at radius 1 is 1.21 bits per heavy atom. The number of aromatic nitrogens is 3. The third kappa shape index (κ3) is 4.41. The third-order valence-electron chi connectivity index (χ3n) is 7.47. The molecule has 0 spiro atoms. The summed E-state index contributed by atoms with van der Waals surface area (Å²) in [7, 11) is 2.07. The number of anilines is 2. The number of benzene rings is 2. The van der Waals surface area contributed by atoms with Gasteiger partial charge in [-0.2, -0.15) is 9.97 Å². The molecule has 3 N–H and O–H groups in total. The molecule has 2 saturated heterocycles. The van der Waals surface area contributed by atoms with Crippen LogP contribution in [0.1, 0.15) is 19.8 Å². The Labute approximate surface area is 227 Å². The van der Waals surface area contributed by atoms with Gasteiger partial charge in [0.1, 0.15) is 23.8 Å². The summed E-state index contributed by atoms with van der Waals surface area (Å²) in [5.74, 6) is -0.533. The molecular formula is C26H28ClF2N7OS. The van der Waals surface area contributed by atoms with Gasteiger partial charge in [-0.1, -0.05) is 22.9 Å². The maximum Gasteiger partial charge on any atom is 0.319 e. The lowest BCUT2D eigenvalue weighted by Crippen LogP contribution is -2.50. The molecule has 2 aromatic heterocycles. The highest BCUT2D eigenvalue weighted by Crippen LogP contribution is 2.42. The topological polar surface area (TPSA) is 92.4 Å². The summed E-state index contributed by atoms with van der Waals surface area (Å²) >= 11 is 7.74. The van der Waals surface area contributed by atoms with Gasteiger partial charge in [0, 0.05) is 48.2 Å². The Bertz CT molecular complexity index is 1530. The number of ether oxygens (including phenoxy) is 1. The number of nitrogens with one attached hydrogen (secondary N) is 1. The SMILES string of the molecule is C[C@H]1CNCCN1c1nc(OC[C@@H]2CCCN2C)nc2c(F)c(-c3ccc(F)c4sc(N)nc34)c(Cl)cc12. The summed E-state index contributed by atoms with van der Waals surface area (Å²) in [6.45, 7) is 5.74. The van der Waals surface area contributed by atoms with E-state index in [0.717, 1.165) is 43.8 Å². The lowest BCUT2D eigenvalue weighted by atomic mass is 10.0. The molecule has 4 heterocycles. The van der Waals surface area contributed by atoms with E-state index in [9.17, 15) is 4.39 Å². The number of hydrogen-bond acceptors (Lipinski definition) is 9. The van der Waals surface area contributed by atoms with Crippen molar-refractivity contribution in [2.24, 2.45) is 0 Å². The summed E-state index contributed by atoms with van der Waals surface area (Å²) < 4.78 is 37.3. The van der Waals surface area contributed by atoms with Crippen molar-refractivity contribution in [2.45, 2.75) is 31.8 Å². The summed E-state index contributed by atoms with van der Waals surface area (Å²) in [5, 5.41) is 4.21. The van der Waals surface area contributed by atoms with Gasteiger partial charge in [-0.25, -0.2) is 13.8 Å². The first-order valence-corrected chi connectivity index (χ1v) is 13.9. The zero-order valence-corrected chi connectivity index (χ0v) is 22.7. The molecule has 0 amide bonds. The van der Waals surface area contributed by atoms with Crippen LogP contribution in [0.15, 0.2) is 18.2 Å². The van der Waals surface area contributed by atoms with Gasteiger partial charge >= 0.3 is 6.01 Å². The third-order valence-corrected chi connectivity index (χ3v) is 8.66. The van der Waals surface area contributed by atoms with Crippen LogP contribution in [0.4, 0.5) is 19.7 Å². The number of nitrogens with two attached hydrogens (primary N) is 1. The normalized spacial score (nSPS) is 20.6. The average Bonchev–Trinajstić information content (AvgIpc) is 3.49. The number of halogens is 3. The zero-order chi connectivity index (χ0) is 26.6. The summed E-state index contributed by atoms with van der Waals surface area (Å²) in [6.07, 6.45) is 2.13. The summed E-state index contributed by atoms with van der Waals surface area (Å²) in [5.41, 5.74) is 6.66. The number of likely N-dealkylation sites (tertiary alicyclic amines) is 1. The van der Waals surface area contributed by atoms with E-state index < -0.39 is 11.6 Å². The van der Waals surface area contributed by atoms with E-state index in [1.807, 2.05) is 0 Å². The number of thiazole rings is 1. The molecule has 0 radical (unpaired) electrons. The monoisotopic (exact) mass is 559 g/mol. The van der Waals surface area contributed by atoms with Gasteiger partial charge in [-0.3, -0.25) is 0 Å². The van der Waals surface area contributed by atoms with Gasteiger partial charge in [-0.05, 0) is 51.6 Å². The van der Waals surface area contributed by atoms with Crippen molar-refractivity contribution in [3.63, 3.8) is 0 Å². The first kappa shape index (κ1) is 25.4. The number of nitrogen functional groups attached to an aromatic ring is 1. The van der Waals surface area contributed by atoms with E-state index in [1.165, 1.54) is 12.1 Å². The number of nitrogens with zero attached hydrogens (tertiary/aromatic N) is 5. The number of fused-ring (bicyclic) bond motifs is 2. The lowest BCUT2D eigenvalue weighted by Gasteiger charge is -2.35. The maximum absolute atomic E-state index is 16.5. The van der Waals surface area contributed by atoms with Gasteiger partial charge in [0.15, 0.2) is 10.9 Å². The van der Waals surface area contributed by atoms with Gasteiger partial charge in [-0.15, -0.1) is 0 Å². The second-order valence-electron chi connectivity index (χ2n) is 9.93. The predicted octanol–water partition coefficient (Wildman–Crippen LogP) is 4.69. The Morgan fingerprint density at radius 3 is 2.82 bits per heavy atom. The van der Waals surface area contributed by atoms with Crippen LogP contribution in [-0.2, 0) is 0 Å². The van der Waals surface area contributed by atoms with Gasteiger partial charge in [0.25, 0.3) is 0 Å². The molecule has 8 nitrogen and oxygen atoms in total. The molecule has 0 bridgehead atoms. The van der Waals surface area contributed by atoms with Gasteiger partial charge in [0.2, 0.25) is 0 Å². The molecule has 2 aliphatic heterocycles. The minimum atomic E-state index is -0.638. The van der Waals surface area contributed by atoms with Crippen molar-refractivity contribution in [1.82, 2.24) is 25.2 Å². The van der Waals surface area contributed by atoms with Crippen LogP contribution in [0, 0.1) is 11.6 Å². The largest absolute Gasteiger partial charge is 0.462 e. The summed E-state index contributed by atoms with van der Waals surface area (Å²) in [4.78, 5) is 17.9. The van der Waals surface area contributed by atoms with Crippen molar-refractivity contribution in [1.29, 1.82) is 0 Å². The maximum atomic E-state index is 16.5. The Morgan fingerprint density at radius 2 is 2.05 bits per heavy atom. The average molecular weight is 560 g/mol. The lowest BCUT2D eigenvalue weighted by molar-refractivity contribution is 0.188. The van der Waals surface area contributed by atoms with Crippen LogP contribution in [0.5, 0.6) is 6.01 Å². The fourth-order valence-electron chi connectivity index (χ4n) is 5.40.